The lowest BCUT2D eigenvalue weighted by molar-refractivity contribution is 0.306. The zero-order chi connectivity index (χ0) is 19.5. The molecule has 0 aliphatic rings. The summed E-state index contributed by atoms with van der Waals surface area (Å²) >= 11 is 0. The first kappa shape index (κ1) is 18.1. The van der Waals surface area contributed by atoms with Crippen LogP contribution in [0.15, 0.2) is 82.0 Å². The van der Waals surface area contributed by atoms with Crippen molar-refractivity contribution in [3.63, 3.8) is 0 Å². The fourth-order valence-electron chi connectivity index (χ4n) is 3.44. The fourth-order valence-corrected chi connectivity index (χ4v) is 3.44. The Kier molecular flexibility index (Phi) is 4.98. The first-order chi connectivity index (χ1) is 13.6. The Hall–Kier alpha value is -3.33. The molecule has 0 amide bonds. The summed E-state index contributed by atoms with van der Waals surface area (Å²) < 4.78 is 11.5. The summed E-state index contributed by atoms with van der Waals surface area (Å²) in [7, 11) is 0. The molecule has 0 N–H and O–H groups in total. The third kappa shape index (κ3) is 3.84. The number of ether oxygens (including phenoxy) is 1. The number of aryl methyl sites for hydroxylation is 2. The average Bonchev–Trinajstić information content (AvgIpc) is 2.70. The quantitative estimate of drug-likeness (QED) is 0.431. The van der Waals surface area contributed by atoms with E-state index in [-0.39, 0.29) is 5.63 Å². The van der Waals surface area contributed by atoms with Gasteiger partial charge in [0.15, 0.2) is 0 Å². The Morgan fingerprint density at radius 3 is 2.43 bits per heavy atom. The first-order valence-corrected chi connectivity index (χ1v) is 9.39. The molecule has 0 radical (unpaired) electrons. The van der Waals surface area contributed by atoms with Gasteiger partial charge in [-0.3, -0.25) is 0 Å². The van der Waals surface area contributed by atoms with Gasteiger partial charge in [0, 0.05) is 23.4 Å². The van der Waals surface area contributed by atoms with Gasteiger partial charge in [0.25, 0.3) is 0 Å². The summed E-state index contributed by atoms with van der Waals surface area (Å²) in [6.45, 7) is 4.51. The molecular formula is C25H22O3. The lowest BCUT2D eigenvalue weighted by Gasteiger charge is -2.10. The molecule has 0 aliphatic heterocycles. The Bertz CT molecular complexity index is 1170. The van der Waals surface area contributed by atoms with E-state index >= 15 is 0 Å². The zero-order valence-corrected chi connectivity index (χ0v) is 16.1. The topological polar surface area (TPSA) is 39.4 Å². The highest BCUT2D eigenvalue weighted by Gasteiger charge is 2.13. The Labute approximate surface area is 164 Å². The van der Waals surface area contributed by atoms with E-state index in [1.807, 2.05) is 61.5 Å². The maximum Gasteiger partial charge on any atom is 0.340 e. The van der Waals surface area contributed by atoms with Crippen LogP contribution in [0.25, 0.3) is 11.0 Å². The number of benzene rings is 3. The van der Waals surface area contributed by atoms with E-state index in [2.05, 4.69) is 19.1 Å². The molecule has 1 heterocycles. The van der Waals surface area contributed by atoms with Gasteiger partial charge >= 0.3 is 5.63 Å². The van der Waals surface area contributed by atoms with Crippen LogP contribution in [0.4, 0.5) is 0 Å². The molecule has 0 unspecified atom stereocenters. The van der Waals surface area contributed by atoms with Crippen LogP contribution in [0.5, 0.6) is 5.75 Å². The SMILES string of the molecule is Cc1cccc(COc2ccc3c(C)c(Cc4ccccc4)c(=O)oc3c2)c1. The molecule has 0 saturated carbocycles. The molecular weight excluding hydrogens is 348 g/mol. The van der Waals surface area contributed by atoms with Crippen molar-refractivity contribution < 1.29 is 9.15 Å². The molecule has 3 heteroatoms. The van der Waals surface area contributed by atoms with Crippen LogP contribution in [0.2, 0.25) is 0 Å². The summed E-state index contributed by atoms with van der Waals surface area (Å²) in [6, 6.07) is 23.9. The normalized spacial score (nSPS) is 10.9. The van der Waals surface area contributed by atoms with Gasteiger partial charge in [-0.15, -0.1) is 0 Å². The molecule has 140 valence electrons. The minimum absolute atomic E-state index is 0.287. The van der Waals surface area contributed by atoms with Gasteiger partial charge in [-0.2, -0.15) is 0 Å². The van der Waals surface area contributed by atoms with Gasteiger partial charge in [0.1, 0.15) is 17.9 Å². The van der Waals surface area contributed by atoms with Gasteiger partial charge in [-0.25, -0.2) is 4.79 Å². The second kappa shape index (κ2) is 7.73. The van der Waals surface area contributed by atoms with E-state index in [1.54, 1.807) is 6.07 Å². The monoisotopic (exact) mass is 370 g/mol. The smallest absolute Gasteiger partial charge is 0.340 e. The van der Waals surface area contributed by atoms with Crippen molar-refractivity contribution >= 4 is 11.0 Å². The summed E-state index contributed by atoms with van der Waals surface area (Å²) in [6.07, 6.45) is 0.566. The third-order valence-electron chi connectivity index (χ3n) is 4.97. The van der Waals surface area contributed by atoms with Crippen molar-refractivity contribution in [2.75, 3.05) is 0 Å². The highest BCUT2D eigenvalue weighted by atomic mass is 16.5. The second-order valence-electron chi connectivity index (χ2n) is 7.09. The molecule has 1 aromatic heterocycles. The van der Waals surface area contributed by atoms with Crippen LogP contribution >= 0.6 is 0 Å². The molecule has 0 saturated heterocycles. The van der Waals surface area contributed by atoms with Crippen molar-refractivity contribution in [3.05, 3.63) is 111 Å². The number of fused-ring (bicyclic) bond motifs is 1. The highest BCUT2D eigenvalue weighted by molar-refractivity contribution is 5.82. The van der Waals surface area contributed by atoms with Crippen LogP contribution < -0.4 is 10.4 Å². The second-order valence-corrected chi connectivity index (χ2v) is 7.09. The largest absolute Gasteiger partial charge is 0.489 e. The van der Waals surface area contributed by atoms with Crippen LogP contribution in [-0.2, 0) is 13.0 Å². The number of hydrogen-bond donors (Lipinski definition) is 0. The minimum Gasteiger partial charge on any atom is -0.489 e. The molecule has 28 heavy (non-hydrogen) atoms. The molecule has 3 nitrogen and oxygen atoms in total. The summed E-state index contributed by atoms with van der Waals surface area (Å²) in [5.74, 6) is 0.687. The van der Waals surface area contributed by atoms with E-state index < -0.39 is 0 Å². The Balaban J connectivity index is 1.61. The van der Waals surface area contributed by atoms with Crippen molar-refractivity contribution in [1.29, 1.82) is 0 Å². The number of hydrogen-bond acceptors (Lipinski definition) is 3. The average molecular weight is 370 g/mol. The van der Waals surface area contributed by atoms with E-state index in [9.17, 15) is 4.79 Å². The van der Waals surface area contributed by atoms with Crippen molar-refractivity contribution in [3.8, 4) is 5.75 Å². The lowest BCUT2D eigenvalue weighted by Crippen LogP contribution is -2.11. The van der Waals surface area contributed by atoms with Crippen molar-refractivity contribution in [1.82, 2.24) is 0 Å². The van der Waals surface area contributed by atoms with Crippen LogP contribution in [0.3, 0.4) is 0 Å². The summed E-state index contributed by atoms with van der Waals surface area (Å²) in [5, 5.41) is 0.938. The predicted octanol–water partition coefficient (Wildman–Crippen LogP) is 5.58. The lowest BCUT2D eigenvalue weighted by atomic mass is 10.00. The van der Waals surface area contributed by atoms with Gasteiger partial charge < -0.3 is 9.15 Å². The van der Waals surface area contributed by atoms with Gasteiger partial charge in [-0.05, 0) is 42.7 Å². The Morgan fingerprint density at radius 1 is 0.857 bits per heavy atom. The predicted molar refractivity (Wildman–Crippen MR) is 112 cm³/mol. The van der Waals surface area contributed by atoms with Gasteiger partial charge in [0.2, 0.25) is 0 Å². The zero-order valence-electron chi connectivity index (χ0n) is 16.1. The van der Waals surface area contributed by atoms with Crippen molar-refractivity contribution in [2.45, 2.75) is 26.9 Å². The molecule has 4 aromatic rings. The van der Waals surface area contributed by atoms with Crippen molar-refractivity contribution in [2.24, 2.45) is 0 Å². The minimum atomic E-state index is -0.287. The summed E-state index contributed by atoms with van der Waals surface area (Å²) in [5.41, 5.74) is 5.33. The maximum absolute atomic E-state index is 12.6. The van der Waals surface area contributed by atoms with Gasteiger partial charge in [0.05, 0.1) is 0 Å². The first-order valence-electron chi connectivity index (χ1n) is 9.39. The molecule has 0 spiro atoms. The molecule has 0 aliphatic carbocycles. The molecule has 4 rings (SSSR count). The molecule has 0 bridgehead atoms. The fraction of sp³-hybridized carbons (Fsp3) is 0.160. The maximum atomic E-state index is 12.6. The van der Waals surface area contributed by atoms with Gasteiger partial charge in [-0.1, -0.05) is 60.2 Å². The Morgan fingerprint density at radius 2 is 1.64 bits per heavy atom. The molecule has 0 atom stereocenters. The highest BCUT2D eigenvalue weighted by Crippen LogP contribution is 2.25. The summed E-state index contributed by atoms with van der Waals surface area (Å²) in [4.78, 5) is 12.6. The number of rotatable bonds is 5. The van der Waals surface area contributed by atoms with E-state index in [0.29, 0.717) is 29.9 Å². The molecule has 0 fully saturated rings. The van der Waals surface area contributed by atoms with Crippen LogP contribution in [-0.4, -0.2) is 0 Å². The standard InChI is InChI=1S/C25H22O3/c1-17-7-6-10-20(13-17)16-27-21-11-12-22-18(2)23(25(26)28-24(22)15-21)14-19-8-4-3-5-9-19/h3-13,15H,14,16H2,1-2H3. The molecule has 3 aromatic carbocycles. The van der Waals surface area contributed by atoms with E-state index in [1.165, 1.54) is 5.56 Å². The van der Waals surface area contributed by atoms with E-state index in [4.69, 9.17) is 9.15 Å². The van der Waals surface area contributed by atoms with Crippen LogP contribution in [0.1, 0.15) is 27.8 Å². The van der Waals surface area contributed by atoms with Crippen LogP contribution in [0, 0.1) is 13.8 Å². The third-order valence-corrected chi connectivity index (χ3v) is 4.97. The van der Waals surface area contributed by atoms with E-state index in [0.717, 1.165) is 22.1 Å².